The van der Waals surface area contributed by atoms with Gasteiger partial charge in [-0.05, 0) is 59.7 Å². The molecule has 1 unspecified atom stereocenters. The maximum Gasteiger partial charge on any atom is 0.219 e. The Morgan fingerprint density at radius 1 is 1.25 bits per heavy atom. The van der Waals surface area contributed by atoms with Crippen LogP contribution in [0.3, 0.4) is 0 Å². The summed E-state index contributed by atoms with van der Waals surface area (Å²) in [4.78, 5) is 4.23. The highest BCUT2D eigenvalue weighted by atomic mass is 79.9. The normalized spacial score (nSPS) is 12.0. The third-order valence-electron chi connectivity index (χ3n) is 3.05. The van der Waals surface area contributed by atoms with Crippen molar-refractivity contribution in [3.63, 3.8) is 0 Å². The molecule has 5 heteroatoms. The molecule has 0 saturated heterocycles. The van der Waals surface area contributed by atoms with Crippen LogP contribution in [-0.2, 0) is 0 Å². The van der Waals surface area contributed by atoms with Crippen molar-refractivity contribution in [2.45, 2.75) is 13.0 Å². The average molecular weight is 337 g/mol. The standard InChI is InChI=1S/C15H17BrN2O2/c1-10(17-2)11-6-7-18-15(8-11)20-14-5-4-12(19-3)9-13(14)16/h4-10,17H,1-3H3. The first-order valence-electron chi connectivity index (χ1n) is 6.28. The van der Waals surface area contributed by atoms with Crippen LogP contribution in [0.1, 0.15) is 18.5 Å². The molecule has 0 aliphatic carbocycles. The second-order valence-electron chi connectivity index (χ2n) is 4.34. The average Bonchev–Trinajstić information content (AvgIpc) is 2.48. The molecule has 1 N–H and O–H groups in total. The minimum atomic E-state index is 0.250. The largest absolute Gasteiger partial charge is 0.497 e. The summed E-state index contributed by atoms with van der Waals surface area (Å²) in [6.45, 7) is 2.09. The van der Waals surface area contributed by atoms with Crippen LogP contribution in [-0.4, -0.2) is 19.1 Å². The maximum absolute atomic E-state index is 5.80. The smallest absolute Gasteiger partial charge is 0.219 e. The zero-order chi connectivity index (χ0) is 14.5. The lowest BCUT2D eigenvalue weighted by molar-refractivity contribution is 0.411. The van der Waals surface area contributed by atoms with Gasteiger partial charge >= 0.3 is 0 Å². The topological polar surface area (TPSA) is 43.4 Å². The molecular weight excluding hydrogens is 320 g/mol. The van der Waals surface area contributed by atoms with Crippen molar-refractivity contribution >= 4 is 15.9 Å². The van der Waals surface area contributed by atoms with Crippen LogP contribution < -0.4 is 14.8 Å². The molecule has 0 spiro atoms. The lowest BCUT2D eigenvalue weighted by atomic mass is 10.1. The van der Waals surface area contributed by atoms with Crippen LogP contribution in [0.25, 0.3) is 0 Å². The fourth-order valence-electron chi connectivity index (χ4n) is 1.72. The van der Waals surface area contributed by atoms with E-state index in [2.05, 4.69) is 33.2 Å². The van der Waals surface area contributed by atoms with Gasteiger partial charge in [-0.25, -0.2) is 4.98 Å². The Morgan fingerprint density at radius 3 is 2.70 bits per heavy atom. The van der Waals surface area contributed by atoms with E-state index >= 15 is 0 Å². The van der Waals surface area contributed by atoms with Crippen molar-refractivity contribution in [3.8, 4) is 17.4 Å². The van der Waals surface area contributed by atoms with Crippen molar-refractivity contribution in [1.29, 1.82) is 0 Å². The third-order valence-corrected chi connectivity index (χ3v) is 3.67. The van der Waals surface area contributed by atoms with E-state index in [1.54, 1.807) is 13.3 Å². The molecule has 0 aliphatic rings. The number of nitrogens with one attached hydrogen (secondary N) is 1. The van der Waals surface area contributed by atoms with Crippen molar-refractivity contribution in [1.82, 2.24) is 10.3 Å². The van der Waals surface area contributed by atoms with E-state index in [9.17, 15) is 0 Å². The molecule has 106 valence electrons. The Bertz CT molecular complexity index is 590. The van der Waals surface area contributed by atoms with Gasteiger partial charge in [0.2, 0.25) is 5.88 Å². The molecule has 1 aromatic heterocycles. The summed E-state index contributed by atoms with van der Waals surface area (Å²) < 4.78 is 11.8. The predicted octanol–water partition coefficient (Wildman–Crippen LogP) is 3.93. The summed E-state index contributed by atoms with van der Waals surface area (Å²) >= 11 is 3.46. The molecule has 1 atom stereocenters. The molecule has 0 saturated carbocycles. The van der Waals surface area contributed by atoms with E-state index in [1.165, 1.54) is 0 Å². The summed E-state index contributed by atoms with van der Waals surface area (Å²) in [5.74, 6) is 2.04. The van der Waals surface area contributed by atoms with E-state index in [4.69, 9.17) is 9.47 Å². The molecule has 1 heterocycles. The summed E-state index contributed by atoms with van der Waals surface area (Å²) in [6, 6.07) is 9.70. The Labute approximate surface area is 127 Å². The Balaban J connectivity index is 2.21. The highest BCUT2D eigenvalue weighted by Gasteiger charge is 2.08. The van der Waals surface area contributed by atoms with Crippen LogP contribution in [0.4, 0.5) is 0 Å². The fourth-order valence-corrected chi connectivity index (χ4v) is 2.16. The molecule has 0 radical (unpaired) electrons. The number of nitrogens with zero attached hydrogens (tertiary/aromatic N) is 1. The van der Waals surface area contributed by atoms with E-state index in [0.29, 0.717) is 11.6 Å². The summed E-state index contributed by atoms with van der Waals surface area (Å²) in [5.41, 5.74) is 1.13. The van der Waals surface area contributed by atoms with Gasteiger partial charge in [0.25, 0.3) is 0 Å². The Kier molecular flexibility index (Phi) is 4.98. The summed E-state index contributed by atoms with van der Waals surface area (Å²) in [5, 5.41) is 3.19. The number of hydrogen-bond acceptors (Lipinski definition) is 4. The van der Waals surface area contributed by atoms with E-state index < -0.39 is 0 Å². The molecule has 2 aromatic rings. The summed E-state index contributed by atoms with van der Waals surface area (Å²) in [7, 11) is 3.55. The van der Waals surface area contributed by atoms with Gasteiger partial charge in [-0.1, -0.05) is 0 Å². The van der Waals surface area contributed by atoms with Gasteiger partial charge in [0.1, 0.15) is 11.5 Å². The highest BCUT2D eigenvalue weighted by Crippen LogP contribution is 2.32. The Hall–Kier alpha value is -1.59. The van der Waals surface area contributed by atoms with Crippen LogP contribution in [0.5, 0.6) is 17.4 Å². The minimum absolute atomic E-state index is 0.250. The van der Waals surface area contributed by atoms with Gasteiger partial charge < -0.3 is 14.8 Å². The van der Waals surface area contributed by atoms with Crippen LogP contribution >= 0.6 is 15.9 Å². The first-order chi connectivity index (χ1) is 9.63. The first kappa shape index (κ1) is 14.8. The van der Waals surface area contributed by atoms with Crippen molar-refractivity contribution < 1.29 is 9.47 Å². The second kappa shape index (κ2) is 6.72. The number of aromatic nitrogens is 1. The maximum atomic E-state index is 5.80. The van der Waals surface area contributed by atoms with Gasteiger partial charge in [0, 0.05) is 18.3 Å². The van der Waals surface area contributed by atoms with Crippen LogP contribution in [0.2, 0.25) is 0 Å². The van der Waals surface area contributed by atoms with Gasteiger partial charge in [0.15, 0.2) is 0 Å². The lowest BCUT2D eigenvalue weighted by Gasteiger charge is -2.12. The number of halogens is 1. The van der Waals surface area contributed by atoms with E-state index in [0.717, 1.165) is 15.8 Å². The van der Waals surface area contributed by atoms with E-state index in [1.807, 2.05) is 37.4 Å². The molecule has 0 amide bonds. The van der Waals surface area contributed by atoms with Gasteiger partial charge in [0.05, 0.1) is 11.6 Å². The molecule has 0 fully saturated rings. The summed E-state index contributed by atoms with van der Waals surface area (Å²) in [6.07, 6.45) is 1.75. The number of hydrogen-bond donors (Lipinski definition) is 1. The van der Waals surface area contributed by atoms with Crippen molar-refractivity contribution in [2.24, 2.45) is 0 Å². The number of rotatable bonds is 5. The molecule has 0 bridgehead atoms. The number of benzene rings is 1. The van der Waals surface area contributed by atoms with Gasteiger partial charge in [-0.3, -0.25) is 0 Å². The number of ether oxygens (including phenoxy) is 2. The minimum Gasteiger partial charge on any atom is -0.497 e. The van der Waals surface area contributed by atoms with Gasteiger partial charge in [-0.2, -0.15) is 0 Å². The number of methoxy groups -OCH3 is 1. The molecule has 1 aromatic carbocycles. The number of pyridine rings is 1. The van der Waals surface area contributed by atoms with Crippen LogP contribution in [0.15, 0.2) is 41.0 Å². The molecule has 20 heavy (non-hydrogen) atoms. The first-order valence-corrected chi connectivity index (χ1v) is 7.08. The monoisotopic (exact) mass is 336 g/mol. The Morgan fingerprint density at radius 2 is 2.05 bits per heavy atom. The van der Waals surface area contributed by atoms with Gasteiger partial charge in [-0.15, -0.1) is 0 Å². The highest BCUT2D eigenvalue weighted by molar-refractivity contribution is 9.10. The van der Waals surface area contributed by atoms with Crippen molar-refractivity contribution in [3.05, 3.63) is 46.6 Å². The van der Waals surface area contributed by atoms with E-state index in [-0.39, 0.29) is 6.04 Å². The predicted molar refractivity (Wildman–Crippen MR) is 82.5 cm³/mol. The van der Waals surface area contributed by atoms with Crippen molar-refractivity contribution in [2.75, 3.05) is 14.2 Å². The SMILES string of the molecule is CNC(C)c1ccnc(Oc2ccc(OC)cc2Br)c1. The zero-order valence-electron chi connectivity index (χ0n) is 11.7. The lowest BCUT2D eigenvalue weighted by Crippen LogP contribution is -2.12. The molecule has 0 aliphatic heterocycles. The quantitative estimate of drug-likeness (QED) is 0.898. The molecule has 4 nitrogen and oxygen atoms in total. The van der Waals surface area contributed by atoms with Crippen LogP contribution in [0, 0.1) is 0 Å². The fraction of sp³-hybridized carbons (Fsp3) is 0.267. The third kappa shape index (κ3) is 3.49. The zero-order valence-corrected chi connectivity index (χ0v) is 13.3. The molecular formula is C15H17BrN2O2. The molecule has 2 rings (SSSR count). The second-order valence-corrected chi connectivity index (χ2v) is 5.19.